The van der Waals surface area contributed by atoms with Gasteiger partial charge in [-0.2, -0.15) is 10.4 Å². The van der Waals surface area contributed by atoms with Gasteiger partial charge in [0.05, 0.1) is 5.69 Å². The van der Waals surface area contributed by atoms with Gasteiger partial charge in [-0.05, 0) is 36.5 Å². The number of ether oxygens (including phenoxy) is 1. The molecule has 1 aromatic heterocycles. The monoisotopic (exact) mass is 283 g/mol. The molecule has 0 radical (unpaired) electrons. The molecule has 4 nitrogen and oxygen atoms in total. The smallest absolute Gasteiger partial charge is 0.235 e. The van der Waals surface area contributed by atoms with E-state index in [1.807, 2.05) is 12.1 Å². The first kappa shape index (κ1) is 15.1. The summed E-state index contributed by atoms with van der Waals surface area (Å²) in [6.07, 6.45) is 1.08. The van der Waals surface area contributed by atoms with Gasteiger partial charge in [0.2, 0.25) is 5.88 Å². The fourth-order valence-corrected chi connectivity index (χ4v) is 2.17. The molecule has 0 amide bonds. The summed E-state index contributed by atoms with van der Waals surface area (Å²) >= 11 is 0. The summed E-state index contributed by atoms with van der Waals surface area (Å²) in [5, 5.41) is 13.4. The second-order valence-corrected chi connectivity index (χ2v) is 5.86. The molecule has 4 heteroatoms. The molecular formula is C17H21N3O. The minimum atomic E-state index is 0.152. The Bertz CT molecular complexity index is 675. The van der Waals surface area contributed by atoms with Gasteiger partial charge in [-0.25, -0.2) is 4.68 Å². The lowest BCUT2D eigenvalue weighted by molar-refractivity contribution is 0.428. The second kappa shape index (κ2) is 5.61. The van der Waals surface area contributed by atoms with Crippen molar-refractivity contribution in [3.05, 3.63) is 41.1 Å². The van der Waals surface area contributed by atoms with E-state index in [2.05, 4.69) is 44.1 Å². The van der Waals surface area contributed by atoms with E-state index in [0.717, 1.165) is 6.42 Å². The van der Waals surface area contributed by atoms with Gasteiger partial charge in [0.25, 0.3) is 0 Å². The normalized spacial score (nSPS) is 11.2. The third kappa shape index (κ3) is 2.92. The molecule has 0 unspecified atom stereocenters. The molecule has 0 aliphatic carbocycles. The number of rotatable bonds is 4. The van der Waals surface area contributed by atoms with Gasteiger partial charge >= 0.3 is 0 Å². The second-order valence-electron chi connectivity index (χ2n) is 5.86. The molecule has 0 spiro atoms. The van der Waals surface area contributed by atoms with Gasteiger partial charge in [0.15, 0.2) is 0 Å². The van der Waals surface area contributed by atoms with E-state index in [4.69, 9.17) is 4.74 Å². The van der Waals surface area contributed by atoms with Crippen LogP contribution in [-0.2, 0) is 12.5 Å². The summed E-state index contributed by atoms with van der Waals surface area (Å²) in [5.41, 5.74) is 2.59. The Balaban J connectivity index is 2.28. The fourth-order valence-electron chi connectivity index (χ4n) is 2.17. The van der Waals surface area contributed by atoms with E-state index in [1.54, 1.807) is 18.7 Å². The average Bonchev–Trinajstić information content (AvgIpc) is 2.73. The summed E-state index contributed by atoms with van der Waals surface area (Å²) in [4.78, 5) is 0. The van der Waals surface area contributed by atoms with Crippen LogP contribution < -0.4 is 4.74 Å². The third-order valence-electron chi connectivity index (χ3n) is 4.02. The third-order valence-corrected chi connectivity index (χ3v) is 4.02. The highest BCUT2D eigenvalue weighted by atomic mass is 16.5. The number of benzene rings is 1. The van der Waals surface area contributed by atoms with Crippen LogP contribution in [0.5, 0.6) is 11.6 Å². The fraction of sp³-hybridized carbons (Fsp3) is 0.412. The highest BCUT2D eigenvalue weighted by Crippen LogP contribution is 2.30. The van der Waals surface area contributed by atoms with Gasteiger partial charge in [0.1, 0.15) is 17.4 Å². The molecule has 0 saturated carbocycles. The molecule has 0 aliphatic heterocycles. The lowest BCUT2D eigenvalue weighted by Gasteiger charge is -2.23. The van der Waals surface area contributed by atoms with E-state index < -0.39 is 0 Å². The van der Waals surface area contributed by atoms with Crippen LogP contribution >= 0.6 is 0 Å². The minimum Gasteiger partial charge on any atom is -0.438 e. The van der Waals surface area contributed by atoms with Crippen LogP contribution in [0.1, 0.15) is 44.0 Å². The molecule has 2 aromatic rings. The standard InChI is InChI=1S/C17H21N3O/c1-6-17(3,4)13-7-9-14(10-8-13)21-16-15(11-18)12(2)19-20(16)5/h7-10H,6H2,1-5H3. The highest BCUT2D eigenvalue weighted by molar-refractivity contribution is 5.44. The Morgan fingerprint density at radius 3 is 2.43 bits per heavy atom. The highest BCUT2D eigenvalue weighted by Gasteiger charge is 2.19. The van der Waals surface area contributed by atoms with E-state index >= 15 is 0 Å². The van der Waals surface area contributed by atoms with Crippen LogP contribution in [0.2, 0.25) is 0 Å². The Morgan fingerprint density at radius 1 is 1.29 bits per heavy atom. The maximum Gasteiger partial charge on any atom is 0.235 e. The summed E-state index contributed by atoms with van der Waals surface area (Å²) in [6.45, 7) is 8.43. The molecule has 1 aromatic carbocycles. The lowest BCUT2D eigenvalue weighted by atomic mass is 9.82. The van der Waals surface area contributed by atoms with E-state index in [1.165, 1.54) is 5.56 Å². The van der Waals surface area contributed by atoms with Crippen LogP contribution in [0.15, 0.2) is 24.3 Å². The Morgan fingerprint density at radius 2 is 1.90 bits per heavy atom. The van der Waals surface area contributed by atoms with Gasteiger partial charge in [-0.15, -0.1) is 0 Å². The molecule has 0 N–H and O–H groups in total. The van der Waals surface area contributed by atoms with Gasteiger partial charge in [-0.1, -0.05) is 32.9 Å². The van der Waals surface area contributed by atoms with Crippen molar-refractivity contribution in [3.8, 4) is 17.7 Å². The quantitative estimate of drug-likeness (QED) is 0.849. The molecule has 0 saturated heterocycles. The Hall–Kier alpha value is -2.28. The molecule has 21 heavy (non-hydrogen) atoms. The van der Waals surface area contributed by atoms with Crippen LogP contribution in [-0.4, -0.2) is 9.78 Å². The first-order valence-corrected chi connectivity index (χ1v) is 7.11. The molecule has 110 valence electrons. The van der Waals surface area contributed by atoms with Crippen molar-refractivity contribution in [1.82, 2.24) is 9.78 Å². The number of aryl methyl sites for hydroxylation is 2. The Labute approximate surface area is 126 Å². The Kier molecular flexibility index (Phi) is 4.04. The number of hydrogen-bond acceptors (Lipinski definition) is 3. The van der Waals surface area contributed by atoms with Crippen molar-refractivity contribution < 1.29 is 4.74 Å². The maximum atomic E-state index is 9.19. The van der Waals surface area contributed by atoms with E-state index in [-0.39, 0.29) is 5.41 Å². The van der Waals surface area contributed by atoms with Crippen molar-refractivity contribution in [2.24, 2.45) is 7.05 Å². The molecule has 0 bridgehead atoms. The molecule has 2 rings (SSSR count). The van der Waals surface area contributed by atoms with Gasteiger partial charge in [-0.3, -0.25) is 0 Å². The lowest BCUT2D eigenvalue weighted by Crippen LogP contribution is -2.14. The van der Waals surface area contributed by atoms with Gasteiger partial charge < -0.3 is 4.74 Å². The predicted molar refractivity (Wildman–Crippen MR) is 82.5 cm³/mol. The summed E-state index contributed by atoms with van der Waals surface area (Å²) in [7, 11) is 1.78. The minimum absolute atomic E-state index is 0.152. The van der Waals surface area contributed by atoms with Crippen LogP contribution in [0.3, 0.4) is 0 Å². The SMILES string of the molecule is CCC(C)(C)c1ccc(Oc2c(C#N)c(C)nn2C)cc1. The topological polar surface area (TPSA) is 50.8 Å². The van der Waals surface area contributed by atoms with Crippen LogP contribution in [0.4, 0.5) is 0 Å². The van der Waals surface area contributed by atoms with Crippen LogP contribution in [0, 0.1) is 18.3 Å². The summed E-state index contributed by atoms with van der Waals surface area (Å²) in [6, 6.07) is 10.2. The van der Waals surface area contributed by atoms with Crippen molar-refractivity contribution in [1.29, 1.82) is 5.26 Å². The largest absolute Gasteiger partial charge is 0.438 e. The molecule has 1 heterocycles. The van der Waals surface area contributed by atoms with Crippen LogP contribution in [0.25, 0.3) is 0 Å². The average molecular weight is 283 g/mol. The summed E-state index contributed by atoms with van der Waals surface area (Å²) < 4.78 is 7.43. The molecule has 0 atom stereocenters. The van der Waals surface area contributed by atoms with Crippen molar-refractivity contribution in [2.45, 2.75) is 39.5 Å². The zero-order valence-electron chi connectivity index (χ0n) is 13.3. The first-order valence-electron chi connectivity index (χ1n) is 7.11. The van der Waals surface area contributed by atoms with Crippen molar-refractivity contribution in [3.63, 3.8) is 0 Å². The zero-order chi connectivity index (χ0) is 15.6. The first-order chi connectivity index (χ1) is 9.89. The maximum absolute atomic E-state index is 9.19. The zero-order valence-corrected chi connectivity index (χ0v) is 13.3. The number of nitriles is 1. The molecule has 0 fully saturated rings. The van der Waals surface area contributed by atoms with Crippen molar-refractivity contribution >= 4 is 0 Å². The van der Waals surface area contributed by atoms with E-state index in [0.29, 0.717) is 22.9 Å². The number of aromatic nitrogens is 2. The predicted octanol–water partition coefficient (Wildman–Crippen LogP) is 4.08. The number of nitrogens with zero attached hydrogens (tertiary/aromatic N) is 3. The van der Waals surface area contributed by atoms with Gasteiger partial charge in [0, 0.05) is 7.05 Å². The summed E-state index contributed by atoms with van der Waals surface area (Å²) in [5.74, 6) is 1.20. The molecular weight excluding hydrogens is 262 g/mol. The number of hydrogen-bond donors (Lipinski definition) is 0. The van der Waals surface area contributed by atoms with E-state index in [9.17, 15) is 5.26 Å². The van der Waals surface area contributed by atoms with Crippen molar-refractivity contribution in [2.75, 3.05) is 0 Å². The molecule has 0 aliphatic rings.